The third-order valence-electron chi connectivity index (χ3n) is 2.31. The second-order valence-electron chi connectivity index (χ2n) is 3.64. The minimum atomic E-state index is -0.931. The predicted octanol–water partition coefficient (Wildman–Crippen LogP) is 1.21. The number of halogens is 1. The van der Waals surface area contributed by atoms with Gasteiger partial charge in [-0.2, -0.15) is 0 Å². The van der Waals surface area contributed by atoms with Crippen LogP contribution in [0.15, 0.2) is 11.6 Å². The van der Waals surface area contributed by atoms with E-state index < -0.39 is 11.9 Å². The molecule has 1 heterocycles. The molecule has 0 spiro atoms. The number of nitrogens with two attached hydrogens (primary N) is 1. The number of amides is 1. The Labute approximate surface area is 87.2 Å². The maximum atomic E-state index is 13.0. The van der Waals surface area contributed by atoms with Gasteiger partial charge in [0.05, 0.1) is 12.3 Å². The first-order valence-electron chi connectivity index (χ1n) is 4.60. The average molecular weight is 215 g/mol. The highest BCUT2D eigenvalue weighted by molar-refractivity contribution is 5.78. The predicted molar refractivity (Wildman–Crippen MR) is 52.9 cm³/mol. The van der Waals surface area contributed by atoms with E-state index in [-0.39, 0.29) is 24.4 Å². The number of hydrogen-bond acceptors (Lipinski definition) is 4. The molecule has 1 rings (SSSR count). The van der Waals surface area contributed by atoms with Crippen molar-refractivity contribution in [2.45, 2.75) is 19.9 Å². The van der Waals surface area contributed by atoms with E-state index in [1.807, 2.05) is 13.8 Å². The Hall–Kier alpha value is -1.59. The van der Waals surface area contributed by atoms with Crippen LogP contribution in [0.3, 0.4) is 0 Å². The number of nitrogens with zero attached hydrogens (tertiary/aromatic N) is 1. The average Bonchev–Trinajstić information content (AvgIpc) is 2.58. The van der Waals surface area contributed by atoms with Crippen LogP contribution in [0, 0.1) is 11.3 Å². The van der Waals surface area contributed by atoms with Crippen LogP contribution in [-0.4, -0.2) is 29.9 Å². The van der Waals surface area contributed by atoms with Crippen LogP contribution in [-0.2, 0) is 4.74 Å². The Morgan fingerprint density at radius 3 is 2.87 bits per heavy atom. The van der Waals surface area contributed by atoms with E-state index in [1.165, 1.54) is 0 Å². The fourth-order valence-electron chi connectivity index (χ4n) is 1.39. The first kappa shape index (κ1) is 11.5. The van der Waals surface area contributed by atoms with Crippen molar-refractivity contribution in [1.82, 2.24) is 4.90 Å². The second-order valence-corrected chi connectivity index (χ2v) is 3.64. The quantitative estimate of drug-likeness (QED) is 0.694. The largest absolute Gasteiger partial charge is 0.447 e. The Morgan fingerprint density at radius 2 is 2.40 bits per heavy atom. The van der Waals surface area contributed by atoms with Crippen molar-refractivity contribution in [3.8, 4) is 0 Å². The Bertz CT molecular complexity index is 314. The fourth-order valence-corrected chi connectivity index (χ4v) is 1.39. The molecule has 0 aromatic heterocycles. The molecule has 1 amide bonds. The molecule has 5 nitrogen and oxygen atoms in total. The lowest BCUT2D eigenvalue weighted by Crippen LogP contribution is -2.39. The van der Waals surface area contributed by atoms with E-state index in [9.17, 15) is 9.18 Å². The number of ether oxygens (including phenoxy) is 1. The van der Waals surface area contributed by atoms with Crippen molar-refractivity contribution in [3.05, 3.63) is 11.6 Å². The third kappa shape index (κ3) is 2.08. The summed E-state index contributed by atoms with van der Waals surface area (Å²) in [7, 11) is 0. The molecule has 15 heavy (non-hydrogen) atoms. The molecular weight excluding hydrogens is 201 g/mol. The molecule has 0 unspecified atom stereocenters. The molecule has 84 valence electrons. The summed E-state index contributed by atoms with van der Waals surface area (Å²) < 4.78 is 17.8. The second kappa shape index (κ2) is 4.29. The standard InChI is InChI=1S/C9H14FN3O2/c1-5(2)7-4-15-9(14)13(7)8(12)6(10)3-11/h3,5,7,11H,4,12H2,1-2H3/b8-6-,11-3?/t7-/m1/s1. The normalized spacial score (nSPS) is 22.8. The highest BCUT2D eigenvalue weighted by atomic mass is 19.1. The van der Waals surface area contributed by atoms with Gasteiger partial charge in [-0.05, 0) is 5.92 Å². The van der Waals surface area contributed by atoms with Crippen LogP contribution in [0.5, 0.6) is 0 Å². The monoisotopic (exact) mass is 215 g/mol. The van der Waals surface area contributed by atoms with Gasteiger partial charge in [0.1, 0.15) is 12.4 Å². The van der Waals surface area contributed by atoms with Crippen LogP contribution < -0.4 is 5.73 Å². The summed E-state index contributed by atoms with van der Waals surface area (Å²) in [6, 6.07) is -0.275. The van der Waals surface area contributed by atoms with Crippen molar-refractivity contribution in [3.63, 3.8) is 0 Å². The molecule has 1 saturated heterocycles. The van der Waals surface area contributed by atoms with Crippen molar-refractivity contribution in [2.75, 3.05) is 6.61 Å². The molecule has 0 aliphatic carbocycles. The van der Waals surface area contributed by atoms with Crippen LogP contribution in [0.1, 0.15) is 13.8 Å². The Morgan fingerprint density at radius 1 is 1.80 bits per heavy atom. The van der Waals surface area contributed by atoms with Gasteiger partial charge in [0.15, 0.2) is 5.83 Å². The van der Waals surface area contributed by atoms with Crippen LogP contribution in [0.4, 0.5) is 9.18 Å². The number of nitrogens with one attached hydrogen (secondary N) is 1. The van der Waals surface area contributed by atoms with Gasteiger partial charge in [-0.15, -0.1) is 0 Å². The van der Waals surface area contributed by atoms with Gasteiger partial charge in [-0.1, -0.05) is 13.8 Å². The summed E-state index contributed by atoms with van der Waals surface area (Å²) in [5.74, 6) is -1.18. The lowest BCUT2D eigenvalue weighted by atomic mass is 10.0. The Balaban J connectivity index is 3.00. The summed E-state index contributed by atoms with van der Waals surface area (Å²) >= 11 is 0. The molecule has 0 radical (unpaired) electrons. The lowest BCUT2D eigenvalue weighted by Gasteiger charge is -2.24. The first-order chi connectivity index (χ1) is 6.99. The maximum absolute atomic E-state index is 13.0. The lowest BCUT2D eigenvalue weighted by molar-refractivity contribution is 0.163. The summed E-state index contributed by atoms with van der Waals surface area (Å²) in [6.45, 7) is 3.97. The number of allylic oxidation sites excluding steroid dienone is 1. The molecule has 3 N–H and O–H groups in total. The van der Waals surface area contributed by atoms with E-state index in [0.29, 0.717) is 6.21 Å². The number of hydrogen-bond donors (Lipinski definition) is 2. The molecule has 0 aromatic carbocycles. The molecule has 6 heteroatoms. The first-order valence-corrected chi connectivity index (χ1v) is 4.60. The fraction of sp³-hybridized carbons (Fsp3) is 0.556. The van der Waals surface area contributed by atoms with Gasteiger partial charge >= 0.3 is 6.09 Å². The van der Waals surface area contributed by atoms with Crippen molar-refractivity contribution in [1.29, 1.82) is 5.41 Å². The molecule has 1 aliphatic rings. The maximum Gasteiger partial charge on any atom is 0.415 e. The van der Waals surface area contributed by atoms with Gasteiger partial charge < -0.3 is 15.9 Å². The Kier molecular flexibility index (Phi) is 3.28. The summed E-state index contributed by atoms with van der Waals surface area (Å²) in [6.07, 6.45) is -0.193. The molecule has 1 fully saturated rings. The van der Waals surface area contributed by atoms with Crippen LogP contribution in [0.2, 0.25) is 0 Å². The zero-order chi connectivity index (χ0) is 11.6. The number of rotatable bonds is 3. The molecule has 0 aromatic rings. The zero-order valence-corrected chi connectivity index (χ0v) is 8.66. The topological polar surface area (TPSA) is 79.4 Å². The van der Waals surface area contributed by atoms with Gasteiger partial charge in [-0.25, -0.2) is 9.18 Å². The van der Waals surface area contributed by atoms with E-state index in [0.717, 1.165) is 4.90 Å². The van der Waals surface area contributed by atoms with Crippen molar-refractivity contribution in [2.24, 2.45) is 11.7 Å². The van der Waals surface area contributed by atoms with E-state index >= 15 is 0 Å². The van der Waals surface area contributed by atoms with Crippen molar-refractivity contribution >= 4 is 12.3 Å². The molecule has 0 saturated carbocycles. The summed E-state index contributed by atoms with van der Waals surface area (Å²) in [4.78, 5) is 12.4. The van der Waals surface area contributed by atoms with Gasteiger partial charge in [-0.3, -0.25) is 4.90 Å². The van der Waals surface area contributed by atoms with Crippen molar-refractivity contribution < 1.29 is 13.9 Å². The minimum Gasteiger partial charge on any atom is -0.447 e. The smallest absolute Gasteiger partial charge is 0.415 e. The van der Waals surface area contributed by atoms with Gasteiger partial charge in [0.2, 0.25) is 0 Å². The minimum absolute atomic E-state index is 0.105. The molecule has 1 atom stereocenters. The van der Waals surface area contributed by atoms with E-state index in [1.54, 1.807) is 0 Å². The molecule has 1 aliphatic heterocycles. The highest BCUT2D eigenvalue weighted by Gasteiger charge is 2.37. The summed E-state index contributed by atoms with van der Waals surface area (Å²) in [5, 5.41) is 6.73. The molecular formula is C9H14FN3O2. The van der Waals surface area contributed by atoms with Gasteiger partial charge in [0, 0.05) is 0 Å². The summed E-state index contributed by atoms with van der Waals surface area (Å²) in [5.41, 5.74) is 5.43. The number of carbonyl (C=O) groups is 1. The van der Waals surface area contributed by atoms with Crippen LogP contribution in [0.25, 0.3) is 0 Å². The van der Waals surface area contributed by atoms with E-state index in [2.05, 4.69) is 0 Å². The third-order valence-corrected chi connectivity index (χ3v) is 2.31. The molecule has 0 bridgehead atoms. The zero-order valence-electron chi connectivity index (χ0n) is 8.66. The van der Waals surface area contributed by atoms with E-state index in [4.69, 9.17) is 15.9 Å². The number of cyclic esters (lactones) is 1. The number of carbonyl (C=O) groups excluding carboxylic acids is 1. The van der Waals surface area contributed by atoms with Gasteiger partial charge in [0.25, 0.3) is 0 Å². The highest BCUT2D eigenvalue weighted by Crippen LogP contribution is 2.23. The SMILES string of the molecule is CC(C)[C@H]1COC(=O)N1/C(N)=C(\F)C=N. The van der Waals surface area contributed by atoms with Crippen LogP contribution >= 0.6 is 0 Å².